The highest BCUT2D eigenvalue weighted by molar-refractivity contribution is 5.77. The first kappa shape index (κ1) is 15.3. The molecule has 1 unspecified atom stereocenters. The van der Waals surface area contributed by atoms with E-state index in [4.69, 9.17) is 5.73 Å². The summed E-state index contributed by atoms with van der Waals surface area (Å²) in [4.78, 5) is 12.7. The normalized spacial score (nSPS) is 17.6. The number of carbonyl (C=O) groups is 1. The van der Waals surface area contributed by atoms with Gasteiger partial charge in [-0.3, -0.25) is 4.79 Å². The van der Waals surface area contributed by atoms with E-state index >= 15 is 0 Å². The van der Waals surface area contributed by atoms with E-state index in [1.807, 2.05) is 6.92 Å². The molecule has 3 nitrogen and oxygen atoms in total. The van der Waals surface area contributed by atoms with E-state index in [1.54, 1.807) is 0 Å². The molecule has 0 heterocycles. The molecule has 1 atom stereocenters. The summed E-state index contributed by atoms with van der Waals surface area (Å²) in [5.41, 5.74) is 5.78. The maximum absolute atomic E-state index is 12.4. The standard InChI is InChI=1S/C12H21F3N2O/c1-2-3-6-17(8-12(13,14)15)11(18)7-10(16)9-4-5-9/h9-10H,2-8,16H2,1H3. The zero-order chi connectivity index (χ0) is 13.8. The third kappa shape index (κ3) is 5.71. The van der Waals surface area contributed by atoms with E-state index in [-0.39, 0.29) is 19.0 Å². The Hall–Kier alpha value is -0.780. The molecular weight excluding hydrogens is 245 g/mol. The summed E-state index contributed by atoms with van der Waals surface area (Å²) in [5, 5.41) is 0. The van der Waals surface area contributed by atoms with Crippen LogP contribution in [-0.2, 0) is 4.79 Å². The Bertz CT molecular complexity index is 277. The van der Waals surface area contributed by atoms with Crippen LogP contribution in [0.3, 0.4) is 0 Å². The van der Waals surface area contributed by atoms with E-state index in [0.29, 0.717) is 12.3 Å². The Morgan fingerprint density at radius 2 is 2.06 bits per heavy atom. The fraction of sp³-hybridized carbons (Fsp3) is 0.917. The molecule has 1 amide bonds. The van der Waals surface area contributed by atoms with E-state index in [1.165, 1.54) is 0 Å². The fourth-order valence-corrected chi connectivity index (χ4v) is 1.88. The second-order valence-corrected chi connectivity index (χ2v) is 4.99. The predicted molar refractivity (Wildman–Crippen MR) is 62.9 cm³/mol. The monoisotopic (exact) mass is 266 g/mol. The number of hydrogen-bond donors (Lipinski definition) is 1. The fourth-order valence-electron chi connectivity index (χ4n) is 1.88. The van der Waals surface area contributed by atoms with Gasteiger partial charge in [-0.25, -0.2) is 0 Å². The number of amides is 1. The largest absolute Gasteiger partial charge is 0.406 e. The van der Waals surface area contributed by atoms with Crippen LogP contribution in [0.5, 0.6) is 0 Å². The topological polar surface area (TPSA) is 46.3 Å². The van der Waals surface area contributed by atoms with Gasteiger partial charge in [0.15, 0.2) is 0 Å². The Balaban J connectivity index is 2.48. The third-order valence-corrected chi connectivity index (χ3v) is 3.14. The molecule has 6 heteroatoms. The minimum absolute atomic E-state index is 0.0322. The lowest BCUT2D eigenvalue weighted by atomic mass is 10.1. The number of nitrogens with two attached hydrogens (primary N) is 1. The van der Waals surface area contributed by atoms with Crippen molar-refractivity contribution in [3.8, 4) is 0 Å². The molecule has 106 valence electrons. The number of nitrogens with zero attached hydrogens (tertiary/aromatic N) is 1. The maximum atomic E-state index is 12.4. The van der Waals surface area contributed by atoms with E-state index < -0.39 is 18.6 Å². The average molecular weight is 266 g/mol. The van der Waals surface area contributed by atoms with Crippen LogP contribution in [0.2, 0.25) is 0 Å². The Morgan fingerprint density at radius 3 is 2.50 bits per heavy atom. The SMILES string of the molecule is CCCCN(CC(F)(F)F)C(=O)CC(N)C1CC1. The highest BCUT2D eigenvalue weighted by Crippen LogP contribution is 2.33. The van der Waals surface area contributed by atoms with E-state index in [9.17, 15) is 18.0 Å². The van der Waals surface area contributed by atoms with Crippen LogP contribution in [0.25, 0.3) is 0 Å². The van der Waals surface area contributed by atoms with Crippen molar-refractivity contribution in [1.82, 2.24) is 4.90 Å². The quantitative estimate of drug-likeness (QED) is 0.768. The van der Waals surface area contributed by atoms with Crippen molar-refractivity contribution in [3.05, 3.63) is 0 Å². The van der Waals surface area contributed by atoms with Crippen LogP contribution in [0, 0.1) is 5.92 Å². The Labute approximate surface area is 106 Å². The van der Waals surface area contributed by atoms with Gasteiger partial charge in [0.05, 0.1) is 0 Å². The lowest BCUT2D eigenvalue weighted by Gasteiger charge is -2.25. The summed E-state index contributed by atoms with van der Waals surface area (Å²) in [5.74, 6) is -0.145. The molecule has 1 aliphatic carbocycles. The molecule has 0 aromatic heterocycles. The minimum atomic E-state index is -4.34. The van der Waals surface area contributed by atoms with Gasteiger partial charge >= 0.3 is 6.18 Å². The van der Waals surface area contributed by atoms with Crippen LogP contribution in [-0.4, -0.2) is 36.1 Å². The summed E-state index contributed by atoms with van der Waals surface area (Å²) in [6.07, 6.45) is -0.986. The molecule has 0 spiro atoms. The molecule has 1 rings (SSSR count). The van der Waals surface area contributed by atoms with Crippen LogP contribution < -0.4 is 5.73 Å². The highest BCUT2D eigenvalue weighted by atomic mass is 19.4. The summed E-state index contributed by atoms with van der Waals surface area (Å²) < 4.78 is 37.1. The van der Waals surface area contributed by atoms with Crippen molar-refractivity contribution in [1.29, 1.82) is 0 Å². The second kappa shape index (κ2) is 6.41. The molecule has 18 heavy (non-hydrogen) atoms. The van der Waals surface area contributed by atoms with Gasteiger partial charge in [-0.15, -0.1) is 0 Å². The summed E-state index contributed by atoms with van der Waals surface area (Å²) in [7, 11) is 0. The van der Waals surface area contributed by atoms with Crippen LogP contribution in [0.15, 0.2) is 0 Å². The third-order valence-electron chi connectivity index (χ3n) is 3.14. The molecular formula is C12H21F3N2O. The Morgan fingerprint density at radius 1 is 1.44 bits per heavy atom. The molecule has 1 saturated carbocycles. The lowest BCUT2D eigenvalue weighted by Crippen LogP contribution is -2.42. The molecule has 0 aromatic rings. The zero-order valence-corrected chi connectivity index (χ0v) is 10.7. The minimum Gasteiger partial charge on any atom is -0.334 e. The van der Waals surface area contributed by atoms with Crippen LogP contribution >= 0.6 is 0 Å². The second-order valence-electron chi connectivity index (χ2n) is 4.99. The lowest BCUT2D eigenvalue weighted by molar-refractivity contribution is -0.161. The average Bonchev–Trinajstić information content (AvgIpc) is 3.05. The van der Waals surface area contributed by atoms with Crippen LogP contribution in [0.4, 0.5) is 13.2 Å². The summed E-state index contributed by atoms with van der Waals surface area (Å²) in [6.45, 7) is 0.877. The summed E-state index contributed by atoms with van der Waals surface area (Å²) in [6, 6.07) is -0.283. The van der Waals surface area contributed by atoms with Crippen molar-refractivity contribution < 1.29 is 18.0 Å². The predicted octanol–water partition coefficient (Wildman–Crippen LogP) is 2.30. The molecule has 0 aliphatic heterocycles. The molecule has 2 N–H and O–H groups in total. The first-order valence-electron chi connectivity index (χ1n) is 6.43. The number of alkyl halides is 3. The van der Waals surface area contributed by atoms with Gasteiger partial charge in [0.25, 0.3) is 0 Å². The van der Waals surface area contributed by atoms with Gasteiger partial charge in [0.2, 0.25) is 5.91 Å². The van der Waals surface area contributed by atoms with Crippen molar-refractivity contribution >= 4 is 5.91 Å². The van der Waals surface area contributed by atoms with Crippen LogP contribution in [0.1, 0.15) is 39.0 Å². The molecule has 1 fully saturated rings. The van der Waals surface area contributed by atoms with Gasteiger partial charge in [-0.1, -0.05) is 13.3 Å². The van der Waals surface area contributed by atoms with Gasteiger partial charge < -0.3 is 10.6 Å². The molecule has 0 aromatic carbocycles. The number of unbranched alkanes of at least 4 members (excludes halogenated alkanes) is 1. The summed E-state index contributed by atoms with van der Waals surface area (Å²) >= 11 is 0. The smallest absolute Gasteiger partial charge is 0.334 e. The number of hydrogen-bond acceptors (Lipinski definition) is 2. The Kier molecular flexibility index (Phi) is 5.44. The van der Waals surface area contributed by atoms with Crippen molar-refractivity contribution in [2.24, 2.45) is 11.7 Å². The first-order chi connectivity index (χ1) is 8.33. The van der Waals surface area contributed by atoms with Gasteiger partial charge in [0.1, 0.15) is 6.54 Å². The van der Waals surface area contributed by atoms with E-state index in [2.05, 4.69) is 0 Å². The molecule has 1 aliphatic rings. The molecule has 0 bridgehead atoms. The highest BCUT2D eigenvalue weighted by Gasteiger charge is 2.35. The van der Waals surface area contributed by atoms with Gasteiger partial charge in [0, 0.05) is 19.0 Å². The molecule has 0 saturated heterocycles. The van der Waals surface area contributed by atoms with Gasteiger partial charge in [-0.2, -0.15) is 13.2 Å². The number of halogens is 3. The van der Waals surface area contributed by atoms with E-state index in [0.717, 1.165) is 24.2 Å². The molecule has 0 radical (unpaired) electrons. The van der Waals surface area contributed by atoms with Gasteiger partial charge in [-0.05, 0) is 25.2 Å². The number of carbonyl (C=O) groups excluding carboxylic acids is 1. The first-order valence-corrected chi connectivity index (χ1v) is 6.43. The van der Waals surface area contributed by atoms with Crippen molar-refractivity contribution in [2.75, 3.05) is 13.1 Å². The number of rotatable bonds is 7. The zero-order valence-electron chi connectivity index (χ0n) is 10.7. The van der Waals surface area contributed by atoms with Crippen molar-refractivity contribution in [3.63, 3.8) is 0 Å². The van der Waals surface area contributed by atoms with Crippen molar-refractivity contribution in [2.45, 2.75) is 51.2 Å². The maximum Gasteiger partial charge on any atom is 0.406 e.